The van der Waals surface area contributed by atoms with Gasteiger partial charge < -0.3 is 48.7 Å². The lowest BCUT2D eigenvalue weighted by Gasteiger charge is -2.25. The maximum Gasteiger partial charge on any atom is 0.326 e. The fraction of sp³-hybridized carbons (Fsp3) is 0.650. The Labute approximate surface area is 206 Å². The van der Waals surface area contributed by atoms with Gasteiger partial charge in [0.15, 0.2) is 5.96 Å². The predicted molar refractivity (Wildman–Crippen MR) is 125 cm³/mol. The summed E-state index contributed by atoms with van der Waals surface area (Å²) in [7, 11) is 0. The van der Waals surface area contributed by atoms with E-state index in [1.54, 1.807) is 0 Å². The van der Waals surface area contributed by atoms with Gasteiger partial charge in [-0.25, -0.2) is 4.79 Å². The molecule has 0 radical (unpaired) electrons. The number of amides is 4. The smallest absolute Gasteiger partial charge is 0.326 e. The van der Waals surface area contributed by atoms with Crippen molar-refractivity contribution >= 4 is 41.5 Å². The summed E-state index contributed by atoms with van der Waals surface area (Å²) in [5.41, 5.74) is 15.7. The van der Waals surface area contributed by atoms with Crippen molar-refractivity contribution in [3.05, 3.63) is 0 Å². The van der Waals surface area contributed by atoms with Crippen LogP contribution >= 0.6 is 0 Å². The van der Waals surface area contributed by atoms with E-state index in [4.69, 9.17) is 22.3 Å². The number of nitrogens with two attached hydrogens (primary N) is 3. The third-order valence-corrected chi connectivity index (χ3v) is 5.26. The Morgan fingerprint density at radius 2 is 1.53 bits per heavy atom. The lowest BCUT2D eigenvalue weighted by molar-refractivity contribution is -0.147. The van der Waals surface area contributed by atoms with E-state index in [1.165, 1.54) is 0 Å². The monoisotopic (exact) mass is 514 g/mol. The number of hydrogen-bond acceptors (Lipinski definition) is 8. The van der Waals surface area contributed by atoms with E-state index in [1.807, 2.05) is 5.32 Å². The summed E-state index contributed by atoms with van der Waals surface area (Å²) >= 11 is 0. The van der Waals surface area contributed by atoms with Gasteiger partial charge in [0.1, 0.15) is 18.1 Å². The lowest BCUT2D eigenvalue weighted by atomic mass is 10.1. The molecule has 4 atom stereocenters. The third kappa shape index (κ3) is 11.5. The first-order chi connectivity index (χ1) is 16.9. The van der Waals surface area contributed by atoms with E-state index < -0.39 is 66.2 Å². The van der Waals surface area contributed by atoms with Gasteiger partial charge in [-0.3, -0.25) is 29.0 Å². The molecule has 202 valence electrons. The highest BCUT2D eigenvalue weighted by Crippen LogP contribution is 2.08. The largest absolute Gasteiger partial charge is 0.481 e. The molecule has 4 unspecified atom stereocenters. The van der Waals surface area contributed by atoms with Gasteiger partial charge in [-0.1, -0.05) is 0 Å². The molecule has 1 aliphatic rings. The second-order valence-corrected chi connectivity index (χ2v) is 8.22. The van der Waals surface area contributed by atoms with Crippen molar-refractivity contribution in [1.29, 1.82) is 0 Å². The number of hydrogen-bond donors (Lipinski definition) is 9. The second kappa shape index (κ2) is 15.1. The molecule has 0 aromatic carbocycles. The first-order valence-corrected chi connectivity index (χ1v) is 11.3. The van der Waals surface area contributed by atoms with Crippen molar-refractivity contribution in [2.75, 3.05) is 13.1 Å². The quantitative estimate of drug-likeness (QED) is 0.0544. The van der Waals surface area contributed by atoms with Crippen LogP contribution in [0.3, 0.4) is 0 Å². The summed E-state index contributed by atoms with van der Waals surface area (Å²) < 4.78 is 0. The van der Waals surface area contributed by atoms with Gasteiger partial charge >= 0.3 is 11.9 Å². The van der Waals surface area contributed by atoms with Gasteiger partial charge in [0.2, 0.25) is 23.6 Å². The molecule has 1 heterocycles. The standard InChI is InChI=1S/C20H34N8O8/c21-14(29)6-5-12(18(34)28-13(19(35)36)9-15(30)31)27-17(33)11(4-2-8-25-20(22)23)26-16(32)10-3-1-7-24-10/h10-13,24H,1-9H2,(H2,21,29)(H,26,32)(H,27,33)(H,28,34)(H,30,31)(H,35,36)(H4,22,23,25). The average Bonchev–Trinajstić information content (AvgIpc) is 3.32. The molecule has 1 fully saturated rings. The van der Waals surface area contributed by atoms with Crippen LogP contribution < -0.4 is 38.5 Å². The first-order valence-electron chi connectivity index (χ1n) is 11.3. The third-order valence-electron chi connectivity index (χ3n) is 5.26. The fourth-order valence-corrected chi connectivity index (χ4v) is 3.43. The summed E-state index contributed by atoms with van der Waals surface area (Å²) in [6.45, 7) is 0.820. The van der Waals surface area contributed by atoms with Crippen molar-refractivity contribution in [2.24, 2.45) is 22.2 Å². The average molecular weight is 515 g/mol. The molecule has 1 aliphatic heterocycles. The Hall–Kier alpha value is -3.95. The number of rotatable bonds is 16. The topological polar surface area (TPSA) is 281 Å². The number of aliphatic carboxylic acids is 2. The molecule has 0 aliphatic carbocycles. The molecule has 16 heteroatoms. The Morgan fingerprint density at radius 3 is 2.03 bits per heavy atom. The van der Waals surface area contributed by atoms with E-state index in [-0.39, 0.29) is 31.8 Å². The maximum atomic E-state index is 13.0. The number of guanidine groups is 1. The molecule has 12 N–H and O–H groups in total. The van der Waals surface area contributed by atoms with Crippen LogP contribution in [0.1, 0.15) is 44.9 Å². The van der Waals surface area contributed by atoms with Crippen molar-refractivity contribution in [1.82, 2.24) is 21.3 Å². The van der Waals surface area contributed by atoms with E-state index >= 15 is 0 Å². The predicted octanol–water partition coefficient (Wildman–Crippen LogP) is -3.93. The van der Waals surface area contributed by atoms with E-state index in [9.17, 15) is 33.9 Å². The highest BCUT2D eigenvalue weighted by atomic mass is 16.4. The van der Waals surface area contributed by atoms with Crippen molar-refractivity contribution < 1.29 is 39.0 Å². The molecule has 0 aromatic rings. The molecule has 4 amide bonds. The van der Waals surface area contributed by atoms with Crippen LogP contribution in [-0.2, 0) is 28.8 Å². The molecule has 0 saturated carbocycles. The Balaban J connectivity index is 2.99. The summed E-state index contributed by atoms with van der Waals surface area (Å²) in [4.78, 5) is 75.6. The number of carbonyl (C=O) groups excluding carboxylic acids is 4. The number of carboxylic acid groups (broad SMARTS) is 2. The van der Waals surface area contributed by atoms with Crippen LogP contribution in [0.5, 0.6) is 0 Å². The highest BCUT2D eigenvalue weighted by Gasteiger charge is 2.32. The van der Waals surface area contributed by atoms with Crippen molar-refractivity contribution in [3.63, 3.8) is 0 Å². The molecular formula is C20H34N8O8. The number of carboxylic acids is 2. The zero-order chi connectivity index (χ0) is 27.3. The van der Waals surface area contributed by atoms with Crippen LogP contribution in [-0.4, -0.2) is 89.0 Å². The van der Waals surface area contributed by atoms with Crippen molar-refractivity contribution in [3.8, 4) is 0 Å². The van der Waals surface area contributed by atoms with Crippen LogP contribution in [0.2, 0.25) is 0 Å². The fourth-order valence-electron chi connectivity index (χ4n) is 3.43. The summed E-state index contributed by atoms with van der Waals surface area (Å²) in [6, 6.07) is -4.79. The van der Waals surface area contributed by atoms with E-state index in [2.05, 4.69) is 20.9 Å². The van der Waals surface area contributed by atoms with Crippen molar-refractivity contribution in [2.45, 2.75) is 69.1 Å². The van der Waals surface area contributed by atoms with E-state index in [0.717, 1.165) is 6.42 Å². The van der Waals surface area contributed by atoms with Gasteiger partial charge in [-0.15, -0.1) is 0 Å². The normalized spacial score (nSPS) is 17.2. The van der Waals surface area contributed by atoms with Gasteiger partial charge in [-0.05, 0) is 38.6 Å². The number of aliphatic imine (C=N–C) groups is 1. The highest BCUT2D eigenvalue weighted by molar-refractivity contribution is 5.95. The Morgan fingerprint density at radius 1 is 0.917 bits per heavy atom. The minimum absolute atomic E-state index is 0.0992. The van der Waals surface area contributed by atoms with E-state index in [0.29, 0.717) is 19.4 Å². The number of primary amides is 1. The van der Waals surface area contributed by atoms with Gasteiger partial charge in [0, 0.05) is 13.0 Å². The molecule has 36 heavy (non-hydrogen) atoms. The summed E-state index contributed by atoms with van der Waals surface area (Å²) in [5, 5.41) is 28.1. The lowest BCUT2D eigenvalue weighted by Crippen LogP contribution is -2.57. The van der Waals surface area contributed by atoms with Gasteiger partial charge in [0.25, 0.3) is 0 Å². The molecular weight excluding hydrogens is 480 g/mol. The number of nitrogens with one attached hydrogen (secondary N) is 4. The minimum Gasteiger partial charge on any atom is -0.481 e. The summed E-state index contributed by atoms with van der Waals surface area (Å²) in [5.74, 6) is -6.21. The molecule has 16 nitrogen and oxygen atoms in total. The van der Waals surface area contributed by atoms with Crippen LogP contribution in [0.4, 0.5) is 0 Å². The molecule has 0 bridgehead atoms. The van der Waals surface area contributed by atoms with Crippen LogP contribution in [0.15, 0.2) is 4.99 Å². The van der Waals surface area contributed by atoms with Gasteiger partial charge in [0.05, 0.1) is 12.5 Å². The van der Waals surface area contributed by atoms with Gasteiger partial charge in [-0.2, -0.15) is 0 Å². The zero-order valence-electron chi connectivity index (χ0n) is 19.7. The SMILES string of the molecule is NC(=O)CCC(NC(=O)C(CCCN=C(N)N)NC(=O)C1CCCN1)C(=O)NC(CC(=O)O)C(=O)O. The molecule has 1 saturated heterocycles. The Kier molecular flexibility index (Phi) is 12.6. The molecule has 1 rings (SSSR count). The van der Waals surface area contributed by atoms with Crippen LogP contribution in [0, 0.1) is 0 Å². The number of carbonyl (C=O) groups is 6. The molecule has 0 aromatic heterocycles. The first kappa shape index (κ1) is 30.1. The second-order valence-electron chi connectivity index (χ2n) is 8.22. The zero-order valence-corrected chi connectivity index (χ0v) is 19.7. The van der Waals surface area contributed by atoms with Crippen LogP contribution in [0.25, 0.3) is 0 Å². The Bertz CT molecular complexity index is 855. The molecule has 0 spiro atoms. The number of nitrogens with zero attached hydrogens (tertiary/aromatic N) is 1. The maximum absolute atomic E-state index is 13.0. The minimum atomic E-state index is -1.77. The summed E-state index contributed by atoms with van der Waals surface area (Å²) in [6.07, 6.45) is 0.241.